The molecule has 1 aliphatic carbocycles. The molecule has 0 radical (unpaired) electrons. The summed E-state index contributed by atoms with van der Waals surface area (Å²) in [5.41, 5.74) is -0.755. The molecule has 1 aliphatic rings. The Morgan fingerprint density at radius 2 is 1.89 bits per heavy atom. The van der Waals surface area contributed by atoms with Gasteiger partial charge in [0, 0.05) is 6.54 Å². The van der Waals surface area contributed by atoms with Crippen LogP contribution >= 0.6 is 0 Å². The molecule has 4 nitrogen and oxygen atoms in total. The van der Waals surface area contributed by atoms with Crippen LogP contribution in [0.4, 0.5) is 0 Å². The van der Waals surface area contributed by atoms with Crippen LogP contribution in [0.15, 0.2) is 0 Å². The number of nitrogens with zero attached hydrogens (tertiary/aromatic N) is 2. The molecule has 18 heavy (non-hydrogen) atoms. The molecule has 4 heteroatoms. The molecule has 0 heterocycles. The summed E-state index contributed by atoms with van der Waals surface area (Å²) < 4.78 is 0. The lowest BCUT2D eigenvalue weighted by Crippen LogP contribution is -2.40. The fourth-order valence-corrected chi connectivity index (χ4v) is 2.49. The van der Waals surface area contributed by atoms with E-state index in [0.29, 0.717) is 6.54 Å². The number of nitrogens with one attached hydrogen (secondary N) is 1. The van der Waals surface area contributed by atoms with Gasteiger partial charge >= 0.3 is 0 Å². The average Bonchev–Trinajstić information content (AvgIpc) is 2.60. The van der Waals surface area contributed by atoms with Gasteiger partial charge in [-0.15, -0.1) is 0 Å². The van der Waals surface area contributed by atoms with Crippen molar-refractivity contribution in [2.45, 2.75) is 44.9 Å². The van der Waals surface area contributed by atoms with Gasteiger partial charge in [0.15, 0.2) is 0 Å². The molecule has 1 saturated carbocycles. The molecule has 0 unspecified atom stereocenters. The molecule has 1 N–H and O–H groups in total. The van der Waals surface area contributed by atoms with Gasteiger partial charge in [-0.05, 0) is 39.9 Å². The highest BCUT2D eigenvalue weighted by molar-refractivity contribution is 5.85. The van der Waals surface area contributed by atoms with Crippen molar-refractivity contribution in [3.8, 4) is 6.07 Å². The van der Waals surface area contributed by atoms with Gasteiger partial charge in [0.2, 0.25) is 5.91 Å². The molecule has 0 aromatic carbocycles. The van der Waals surface area contributed by atoms with E-state index in [2.05, 4.69) is 16.3 Å². The van der Waals surface area contributed by atoms with Gasteiger partial charge in [0.1, 0.15) is 5.41 Å². The minimum Gasteiger partial charge on any atom is -0.355 e. The van der Waals surface area contributed by atoms with Gasteiger partial charge in [0.05, 0.1) is 6.07 Å². The van der Waals surface area contributed by atoms with Crippen molar-refractivity contribution in [1.82, 2.24) is 10.2 Å². The summed E-state index contributed by atoms with van der Waals surface area (Å²) in [6.07, 6.45) is 6.68. The van der Waals surface area contributed by atoms with Crippen LogP contribution in [0.2, 0.25) is 0 Å². The second kappa shape index (κ2) is 7.38. The fourth-order valence-electron chi connectivity index (χ4n) is 2.49. The van der Waals surface area contributed by atoms with E-state index in [0.717, 1.165) is 51.5 Å². The maximum atomic E-state index is 12.2. The van der Waals surface area contributed by atoms with Crippen molar-refractivity contribution in [3.63, 3.8) is 0 Å². The Balaban J connectivity index is 2.44. The lowest BCUT2D eigenvalue weighted by molar-refractivity contribution is -0.128. The summed E-state index contributed by atoms with van der Waals surface area (Å²) in [4.78, 5) is 14.3. The maximum Gasteiger partial charge on any atom is 0.240 e. The van der Waals surface area contributed by atoms with Crippen LogP contribution in [-0.4, -0.2) is 38.0 Å². The van der Waals surface area contributed by atoms with Crippen LogP contribution in [0.5, 0.6) is 0 Å². The zero-order valence-electron chi connectivity index (χ0n) is 11.7. The Labute approximate surface area is 110 Å². The van der Waals surface area contributed by atoms with E-state index in [9.17, 15) is 10.1 Å². The second-order valence-corrected chi connectivity index (χ2v) is 5.52. The third-order valence-electron chi connectivity index (χ3n) is 3.67. The minimum atomic E-state index is -0.755. The zero-order valence-corrected chi connectivity index (χ0v) is 11.7. The molecule has 0 aliphatic heterocycles. The van der Waals surface area contributed by atoms with Crippen molar-refractivity contribution in [1.29, 1.82) is 5.26 Å². The maximum absolute atomic E-state index is 12.2. The standard InChI is InChI=1S/C14H25N3O/c1-17(2)11-7-10-16-13(18)14(12-15)8-5-3-4-6-9-14/h3-11H2,1-2H3,(H,16,18). The number of hydrogen-bond donors (Lipinski definition) is 1. The van der Waals surface area contributed by atoms with Gasteiger partial charge in [-0.3, -0.25) is 4.79 Å². The number of amides is 1. The number of carbonyl (C=O) groups is 1. The molecular formula is C14H25N3O. The number of hydrogen-bond acceptors (Lipinski definition) is 3. The highest BCUT2D eigenvalue weighted by Gasteiger charge is 2.38. The number of carbonyl (C=O) groups excluding carboxylic acids is 1. The van der Waals surface area contributed by atoms with E-state index in [4.69, 9.17) is 0 Å². The van der Waals surface area contributed by atoms with Gasteiger partial charge < -0.3 is 10.2 Å². The van der Waals surface area contributed by atoms with Crippen LogP contribution in [-0.2, 0) is 4.79 Å². The van der Waals surface area contributed by atoms with Crippen molar-refractivity contribution < 1.29 is 4.79 Å². The summed E-state index contributed by atoms with van der Waals surface area (Å²) in [6, 6.07) is 2.28. The van der Waals surface area contributed by atoms with E-state index < -0.39 is 5.41 Å². The Hall–Kier alpha value is -1.08. The van der Waals surface area contributed by atoms with Gasteiger partial charge in [0.25, 0.3) is 0 Å². The highest BCUT2D eigenvalue weighted by Crippen LogP contribution is 2.34. The van der Waals surface area contributed by atoms with E-state index in [-0.39, 0.29) is 5.91 Å². The smallest absolute Gasteiger partial charge is 0.240 e. The fraction of sp³-hybridized carbons (Fsp3) is 0.857. The number of rotatable bonds is 5. The first kappa shape index (κ1) is 15.0. The summed E-state index contributed by atoms with van der Waals surface area (Å²) >= 11 is 0. The van der Waals surface area contributed by atoms with Crippen molar-refractivity contribution >= 4 is 5.91 Å². The molecule has 0 aromatic heterocycles. The van der Waals surface area contributed by atoms with Crippen LogP contribution in [0.25, 0.3) is 0 Å². The van der Waals surface area contributed by atoms with Crippen LogP contribution in [0.3, 0.4) is 0 Å². The first-order chi connectivity index (χ1) is 8.60. The Kier molecular flexibility index (Phi) is 6.14. The Morgan fingerprint density at radius 1 is 1.28 bits per heavy atom. The molecule has 0 aromatic rings. The van der Waals surface area contributed by atoms with Gasteiger partial charge in [-0.2, -0.15) is 5.26 Å². The molecular weight excluding hydrogens is 226 g/mol. The van der Waals surface area contributed by atoms with Crippen LogP contribution in [0, 0.1) is 16.7 Å². The Morgan fingerprint density at radius 3 is 2.39 bits per heavy atom. The van der Waals surface area contributed by atoms with Crippen LogP contribution in [0.1, 0.15) is 44.9 Å². The van der Waals surface area contributed by atoms with Crippen molar-refractivity contribution in [3.05, 3.63) is 0 Å². The van der Waals surface area contributed by atoms with Gasteiger partial charge in [-0.1, -0.05) is 25.7 Å². The summed E-state index contributed by atoms with van der Waals surface area (Å²) in [5, 5.41) is 12.3. The normalized spacial score (nSPS) is 19.0. The molecule has 1 rings (SSSR count). The summed E-state index contributed by atoms with van der Waals surface area (Å²) in [6.45, 7) is 1.63. The van der Waals surface area contributed by atoms with E-state index in [1.54, 1.807) is 0 Å². The van der Waals surface area contributed by atoms with Crippen molar-refractivity contribution in [2.75, 3.05) is 27.2 Å². The predicted molar refractivity (Wildman–Crippen MR) is 71.9 cm³/mol. The highest BCUT2D eigenvalue weighted by atomic mass is 16.2. The third kappa shape index (κ3) is 4.30. The molecule has 0 spiro atoms. The monoisotopic (exact) mass is 251 g/mol. The molecule has 102 valence electrons. The lowest BCUT2D eigenvalue weighted by atomic mass is 9.81. The molecule has 0 saturated heterocycles. The lowest BCUT2D eigenvalue weighted by Gasteiger charge is -2.23. The predicted octanol–water partition coefficient (Wildman–Crippen LogP) is 1.92. The van der Waals surface area contributed by atoms with E-state index in [1.165, 1.54) is 0 Å². The number of nitriles is 1. The van der Waals surface area contributed by atoms with Crippen molar-refractivity contribution in [2.24, 2.45) is 5.41 Å². The summed E-state index contributed by atoms with van der Waals surface area (Å²) in [7, 11) is 4.04. The third-order valence-corrected chi connectivity index (χ3v) is 3.67. The van der Waals surface area contributed by atoms with Crippen LogP contribution < -0.4 is 5.32 Å². The zero-order chi connectivity index (χ0) is 13.4. The first-order valence-electron chi connectivity index (χ1n) is 6.95. The minimum absolute atomic E-state index is 0.0503. The molecule has 0 bridgehead atoms. The molecule has 0 atom stereocenters. The SMILES string of the molecule is CN(C)CCCNC(=O)C1(C#N)CCCCCC1. The first-order valence-corrected chi connectivity index (χ1v) is 6.95. The van der Waals surface area contributed by atoms with E-state index >= 15 is 0 Å². The quantitative estimate of drug-likeness (QED) is 0.600. The summed E-state index contributed by atoms with van der Waals surface area (Å²) in [5.74, 6) is -0.0503. The Bertz CT molecular complexity index is 299. The largest absolute Gasteiger partial charge is 0.355 e. The molecule has 1 amide bonds. The average molecular weight is 251 g/mol. The van der Waals surface area contributed by atoms with E-state index in [1.807, 2.05) is 14.1 Å². The van der Waals surface area contributed by atoms with Gasteiger partial charge in [-0.25, -0.2) is 0 Å². The second-order valence-electron chi connectivity index (χ2n) is 5.52. The topological polar surface area (TPSA) is 56.1 Å². The molecule has 1 fully saturated rings.